The van der Waals surface area contributed by atoms with Gasteiger partial charge >= 0.3 is 5.97 Å². The van der Waals surface area contributed by atoms with Gasteiger partial charge in [0.05, 0.1) is 12.5 Å². The van der Waals surface area contributed by atoms with Gasteiger partial charge in [0.2, 0.25) is 0 Å². The second-order valence-corrected chi connectivity index (χ2v) is 2.81. The van der Waals surface area contributed by atoms with Crippen LogP contribution in [0.25, 0.3) is 0 Å². The number of ether oxygens (including phenoxy) is 1. The van der Waals surface area contributed by atoms with Crippen LogP contribution in [0.15, 0.2) is 12.2 Å². The average molecular weight is 154 g/mol. The summed E-state index contributed by atoms with van der Waals surface area (Å²) in [6, 6.07) is 0. The molecular weight excluding hydrogens is 140 g/mol. The summed E-state index contributed by atoms with van der Waals surface area (Å²) in [6.45, 7) is 2.56. The van der Waals surface area contributed by atoms with E-state index in [9.17, 15) is 4.79 Å². The third-order valence-electron chi connectivity index (χ3n) is 1.79. The van der Waals surface area contributed by atoms with Gasteiger partial charge in [0.25, 0.3) is 0 Å². The average Bonchev–Trinajstić information content (AvgIpc) is 2.52. The monoisotopic (exact) mass is 154 g/mol. The van der Waals surface area contributed by atoms with Crippen molar-refractivity contribution in [2.24, 2.45) is 5.92 Å². The SMILES string of the molecule is CCCOC(=O)C1CC=CC1. The van der Waals surface area contributed by atoms with Crippen molar-refractivity contribution >= 4 is 5.97 Å². The molecule has 0 atom stereocenters. The molecule has 1 rings (SSSR count). The summed E-state index contributed by atoms with van der Waals surface area (Å²) in [5, 5.41) is 0. The van der Waals surface area contributed by atoms with Crippen LogP contribution in [0.3, 0.4) is 0 Å². The first-order valence-corrected chi connectivity index (χ1v) is 4.16. The summed E-state index contributed by atoms with van der Waals surface area (Å²) in [5.41, 5.74) is 0. The Bertz CT molecular complexity index is 153. The zero-order chi connectivity index (χ0) is 8.10. The number of allylic oxidation sites excluding steroid dienone is 2. The van der Waals surface area contributed by atoms with Crippen LogP contribution < -0.4 is 0 Å². The summed E-state index contributed by atoms with van der Waals surface area (Å²) in [6.07, 6.45) is 6.72. The highest BCUT2D eigenvalue weighted by Gasteiger charge is 2.19. The zero-order valence-electron chi connectivity index (χ0n) is 6.88. The molecule has 2 heteroatoms. The maximum absolute atomic E-state index is 11.1. The summed E-state index contributed by atoms with van der Waals surface area (Å²) < 4.78 is 5.00. The van der Waals surface area contributed by atoms with Gasteiger partial charge in [0.15, 0.2) is 0 Å². The maximum atomic E-state index is 11.1. The molecule has 11 heavy (non-hydrogen) atoms. The van der Waals surface area contributed by atoms with Crippen LogP contribution in [-0.2, 0) is 9.53 Å². The molecule has 1 aliphatic carbocycles. The normalized spacial score (nSPS) is 17.2. The molecule has 2 nitrogen and oxygen atoms in total. The number of hydrogen-bond acceptors (Lipinski definition) is 2. The highest BCUT2D eigenvalue weighted by atomic mass is 16.5. The van der Waals surface area contributed by atoms with Crippen molar-refractivity contribution in [3.63, 3.8) is 0 Å². The largest absolute Gasteiger partial charge is 0.465 e. The van der Waals surface area contributed by atoms with E-state index in [0.717, 1.165) is 19.3 Å². The van der Waals surface area contributed by atoms with Crippen molar-refractivity contribution in [3.05, 3.63) is 12.2 Å². The zero-order valence-corrected chi connectivity index (χ0v) is 6.88. The van der Waals surface area contributed by atoms with E-state index in [4.69, 9.17) is 4.74 Å². The quantitative estimate of drug-likeness (QED) is 0.458. The molecule has 62 valence electrons. The smallest absolute Gasteiger partial charge is 0.309 e. The molecule has 0 aromatic heterocycles. The molecule has 0 N–H and O–H groups in total. The molecule has 0 radical (unpaired) electrons. The summed E-state index contributed by atoms with van der Waals surface area (Å²) in [5.74, 6) is 0.0819. The Morgan fingerprint density at radius 3 is 2.73 bits per heavy atom. The number of rotatable bonds is 3. The minimum Gasteiger partial charge on any atom is -0.465 e. The van der Waals surface area contributed by atoms with E-state index in [0.29, 0.717) is 6.61 Å². The molecule has 0 saturated carbocycles. The van der Waals surface area contributed by atoms with Crippen molar-refractivity contribution in [1.82, 2.24) is 0 Å². The van der Waals surface area contributed by atoms with E-state index in [1.54, 1.807) is 0 Å². The van der Waals surface area contributed by atoms with Gasteiger partial charge in [-0.05, 0) is 19.3 Å². The van der Waals surface area contributed by atoms with E-state index in [1.165, 1.54) is 0 Å². The van der Waals surface area contributed by atoms with Gasteiger partial charge < -0.3 is 4.74 Å². The molecule has 0 aromatic carbocycles. The van der Waals surface area contributed by atoms with Gasteiger partial charge in [-0.1, -0.05) is 19.1 Å². The van der Waals surface area contributed by atoms with Crippen molar-refractivity contribution in [3.8, 4) is 0 Å². The fourth-order valence-corrected chi connectivity index (χ4v) is 1.13. The van der Waals surface area contributed by atoms with Crippen molar-refractivity contribution in [1.29, 1.82) is 0 Å². The first-order valence-electron chi connectivity index (χ1n) is 4.16. The van der Waals surface area contributed by atoms with Gasteiger partial charge in [-0.15, -0.1) is 0 Å². The van der Waals surface area contributed by atoms with E-state index < -0.39 is 0 Å². The Kier molecular flexibility index (Phi) is 3.14. The minimum absolute atomic E-state index is 0.0307. The van der Waals surface area contributed by atoms with Crippen molar-refractivity contribution < 1.29 is 9.53 Å². The van der Waals surface area contributed by atoms with Crippen LogP contribution in [0.1, 0.15) is 26.2 Å². The first-order chi connectivity index (χ1) is 5.34. The van der Waals surface area contributed by atoms with Crippen LogP contribution in [-0.4, -0.2) is 12.6 Å². The number of hydrogen-bond donors (Lipinski definition) is 0. The molecule has 0 fully saturated rings. The standard InChI is InChI=1S/C9H14O2/c1-2-7-11-9(10)8-5-3-4-6-8/h3-4,8H,2,5-7H2,1H3. The third-order valence-corrected chi connectivity index (χ3v) is 1.79. The molecule has 0 bridgehead atoms. The topological polar surface area (TPSA) is 26.3 Å². The molecule has 0 unspecified atom stereocenters. The highest BCUT2D eigenvalue weighted by Crippen LogP contribution is 2.18. The molecule has 0 aliphatic heterocycles. The second-order valence-electron chi connectivity index (χ2n) is 2.81. The summed E-state index contributed by atoms with van der Waals surface area (Å²) >= 11 is 0. The molecular formula is C9H14O2. The minimum atomic E-state index is -0.0307. The Morgan fingerprint density at radius 2 is 2.18 bits per heavy atom. The first kappa shape index (κ1) is 8.31. The van der Waals surface area contributed by atoms with Gasteiger partial charge in [-0.2, -0.15) is 0 Å². The van der Waals surface area contributed by atoms with E-state index in [2.05, 4.69) is 0 Å². The van der Waals surface area contributed by atoms with Gasteiger partial charge in [-0.25, -0.2) is 0 Å². The van der Waals surface area contributed by atoms with Crippen LogP contribution in [0.5, 0.6) is 0 Å². The second kappa shape index (κ2) is 4.16. The maximum Gasteiger partial charge on any atom is 0.309 e. The number of carbonyl (C=O) groups is 1. The predicted molar refractivity (Wildman–Crippen MR) is 43.1 cm³/mol. The van der Waals surface area contributed by atoms with E-state index >= 15 is 0 Å². The van der Waals surface area contributed by atoms with Crippen LogP contribution in [0, 0.1) is 5.92 Å². The lowest BCUT2D eigenvalue weighted by atomic mass is 10.1. The fraction of sp³-hybridized carbons (Fsp3) is 0.667. The summed E-state index contributed by atoms with van der Waals surface area (Å²) in [7, 11) is 0. The third kappa shape index (κ3) is 2.37. The van der Waals surface area contributed by atoms with Gasteiger partial charge in [0.1, 0.15) is 0 Å². The Morgan fingerprint density at radius 1 is 1.55 bits per heavy atom. The molecule has 0 amide bonds. The lowest BCUT2D eigenvalue weighted by Crippen LogP contribution is -2.15. The van der Waals surface area contributed by atoms with Crippen LogP contribution in [0.2, 0.25) is 0 Å². The van der Waals surface area contributed by atoms with E-state index in [-0.39, 0.29) is 11.9 Å². The van der Waals surface area contributed by atoms with Crippen molar-refractivity contribution in [2.75, 3.05) is 6.61 Å². The van der Waals surface area contributed by atoms with Crippen LogP contribution >= 0.6 is 0 Å². The number of esters is 1. The Balaban J connectivity index is 2.19. The molecule has 0 saturated heterocycles. The summed E-state index contributed by atoms with van der Waals surface area (Å²) in [4.78, 5) is 11.1. The number of carbonyl (C=O) groups excluding carboxylic acids is 1. The molecule has 0 aromatic rings. The fourth-order valence-electron chi connectivity index (χ4n) is 1.13. The van der Waals surface area contributed by atoms with Gasteiger partial charge in [0, 0.05) is 0 Å². The highest BCUT2D eigenvalue weighted by molar-refractivity contribution is 5.73. The Labute approximate surface area is 67.2 Å². The van der Waals surface area contributed by atoms with Crippen molar-refractivity contribution in [2.45, 2.75) is 26.2 Å². The van der Waals surface area contributed by atoms with E-state index in [1.807, 2.05) is 19.1 Å². The van der Waals surface area contributed by atoms with Crippen LogP contribution in [0.4, 0.5) is 0 Å². The predicted octanol–water partition coefficient (Wildman–Crippen LogP) is 1.91. The van der Waals surface area contributed by atoms with Gasteiger partial charge in [-0.3, -0.25) is 4.79 Å². The molecule has 1 aliphatic rings. The Hall–Kier alpha value is -0.790. The molecule has 0 heterocycles. The lowest BCUT2D eigenvalue weighted by molar-refractivity contribution is -0.148. The lowest BCUT2D eigenvalue weighted by Gasteiger charge is -2.07. The molecule has 0 spiro atoms.